The lowest BCUT2D eigenvalue weighted by atomic mass is 10.1. The third-order valence-corrected chi connectivity index (χ3v) is 5.05. The van der Waals surface area contributed by atoms with E-state index in [4.69, 9.17) is 10.2 Å². The standard InChI is InChI=1S/C23H23N5/c1-2-4-23-26-14-20-16-28(10-9-22(20)27-23)15-18-7-8-21(25-13-18)19-6-3-5-17(11-19)12-24/h3,5-8,11,13-14H,2,4,9-10,15-16H2,1H3. The van der Waals surface area contributed by atoms with E-state index in [1.165, 1.54) is 16.8 Å². The van der Waals surface area contributed by atoms with Crippen LogP contribution in [0.4, 0.5) is 0 Å². The highest BCUT2D eigenvalue weighted by atomic mass is 15.1. The fourth-order valence-corrected chi connectivity index (χ4v) is 3.59. The maximum Gasteiger partial charge on any atom is 0.128 e. The Balaban J connectivity index is 1.43. The van der Waals surface area contributed by atoms with Gasteiger partial charge in [0.15, 0.2) is 0 Å². The van der Waals surface area contributed by atoms with E-state index in [9.17, 15) is 0 Å². The average Bonchev–Trinajstić information content (AvgIpc) is 2.74. The minimum Gasteiger partial charge on any atom is -0.294 e. The summed E-state index contributed by atoms with van der Waals surface area (Å²) in [6.45, 7) is 4.90. The van der Waals surface area contributed by atoms with Gasteiger partial charge in [-0.15, -0.1) is 0 Å². The number of rotatable bonds is 5. The highest BCUT2D eigenvalue weighted by Crippen LogP contribution is 2.21. The zero-order valence-electron chi connectivity index (χ0n) is 16.1. The number of fused-ring (bicyclic) bond motifs is 1. The van der Waals surface area contributed by atoms with E-state index in [2.05, 4.69) is 33.9 Å². The third kappa shape index (κ3) is 4.08. The highest BCUT2D eigenvalue weighted by molar-refractivity contribution is 5.61. The molecule has 0 fully saturated rings. The third-order valence-electron chi connectivity index (χ3n) is 5.05. The first-order valence-corrected chi connectivity index (χ1v) is 9.76. The Bertz CT molecular complexity index is 1000. The van der Waals surface area contributed by atoms with Crippen LogP contribution in [-0.2, 0) is 25.9 Å². The molecule has 0 aliphatic carbocycles. The summed E-state index contributed by atoms with van der Waals surface area (Å²) in [4.78, 5) is 16.3. The lowest BCUT2D eigenvalue weighted by Crippen LogP contribution is -2.31. The topological polar surface area (TPSA) is 65.7 Å². The van der Waals surface area contributed by atoms with Gasteiger partial charge in [0.25, 0.3) is 0 Å². The molecule has 4 rings (SSSR count). The molecule has 5 nitrogen and oxygen atoms in total. The predicted octanol–water partition coefficient (Wildman–Crippen LogP) is 3.92. The van der Waals surface area contributed by atoms with E-state index in [1.54, 1.807) is 6.07 Å². The summed E-state index contributed by atoms with van der Waals surface area (Å²) in [5, 5.41) is 9.06. The Labute approximate surface area is 165 Å². The van der Waals surface area contributed by atoms with Crippen molar-refractivity contribution in [2.24, 2.45) is 0 Å². The van der Waals surface area contributed by atoms with Crippen molar-refractivity contribution >= 4 is 0 Å². The van der Waals surface area contributed by atoms with Crippen molar-refractivity contribution in [1.29, 1.82) is 5.26 Å². The van der Waals surface area contributed by atoms with Crippen LogP contribution in [0.3, 0.4) is 0 Å². The normalized spacial score (nSPS) is 13.7. The van der Waals surface area contributed by atoms with E-state index in [-0.39, 0.29) is 0 Å². The van der Waals surface area contributed by atoms with Crippen LogP contribution in [0.15, 0.2) is 48.8 Å². The summed E-state index contributed by atoms with van der Waals surface area (Å²) >= 11 is 0. The largest absolute Gasteiger partial charge is 0.294 e. The quantitative estimate of drug-likeness (QED) is 0.682. The second-order valence-corrected chi connectivity index (χ2v) is 7.21. The van der Waals surface area contributed by atoms with Crippen LogP contribution in [0.1, 0.15) is 41.6 Å². The predicted molar refractivity (Wildman–Crippen MR) is 108 cm³/mol. The van der Waals surface area contributed by atoms with Crippen molar-refractivity contribution in [3.05, 3.63) is 77.0 Å². The number of nitriles is 1. The van der Waals surface area contributed by atoms with Gasteiger partial charge in [-0.25, -0.2) is 9.97 Å². The van der Waals surface area contributed by atoms with E-state index >= 15 is 0 Å². The molecule has 28 heavy (non-hydrogen) atoms. The van der Waals surface area contributed by atoms with Crippen molar-refractivity contribution in [3.63, 3.8) is 0 Å². The molecule has 0 unspecified atom stereocenters. The lowest BCUT2D eigenvalue weighted by Gasteiger charge is -2.28. The van der Waals surface area contributed by atoms with Gasteiger partial charge < -0.3 is 0 Å². The number of hydrogen-bond acceptors (Lipinski definition) is 5. The van der Waals surface area contributed by atoms with Crippen LogP contribution < -0.4 is 0 Å². The van der Waals surface area contributed by atoms with Crippen molar-refractivity contribution in [3.8, 4) is 17.3 Å². The zero-order chi connectivity index (χ0) is 19.3. The first-order valence-electron chi connectivity index (χ1n) is 9.76. The number of nitrogens with zero attached hydrogens (tertiary/aromatic N) is 5. The number of hydrogen-bond donors (Lipinski definition) is 0. The number of aryl methyl sites for hydroxylation is 1. The second kappa shape index (κ2) is 8.28. The highest BCUT2D eigenvalue weighted by Gasteiger charge is 2.18. The van der Waals surface area contributed by atoms with Gasteiger partial charge in [0.1, 0.15) is 5.82 Å². The Morgan fingerprint density at radius 1 is 1.14 bits per heavy atom. The van der Waals surface area contributed by atoms with Crippen molar-refractivity contribution in [2.75, 3.05) is 6.54 Å². The van der Waals surface area contributed by atoms with Crippen LogP contribution >= 0.6 is 0 Å². The van der Waals surface area contributed by atoms with E-state index in [0.29, 0.717) is 5.56 Å². The van der Waals surface area contributed by atoms with Gasteiger partial charge in [-0.05, 0) is 30.2 Å². The molecule has 3 heterocycles. The summed E-state index contributed by atoms with van der Waals surface area (Å²) < 4.78 is 0. The molecule has 140 valence electrons. The van der Waals surface area contributed by atoms with Crippen molar-refractivity contribution in [1.82, 2.24) is 19.9 Å². The molecule has 5 heteroatoms. The average molecular weight is 369 g/mol. The van der Waals surface area contributed by atoms with E-state index in [1.807, 2.05) is 36.7 Å². The number of benzene rings is 1. The molecule has 0 radical (unpaired) electrons. The van der Waals surface area contributed by atoms with Gasteiger partial charge in [0, 0.05) is 61.7 Å². The number of pyridine rings is 1. The number of aromatic nitrogens is 3. The van der Waals surface area contributed by atoms with Crippen LogP contribution in [0, 0.1) is 11.3 Å². The second-order valence-electron chi connectivity index (χ2n) is 7.21. The van der Waals surface area contributed by atoms with Crippen LogP contribution in [0.2, 0.25) is 0 Å². The molecular weight excluding hydrogens is 346 g/mol. The lowest BCUT2D eigenvalue weighted by molar-refractivity contribution is 0.242. The van der Waals surface area contributed by atoms with Crippen molar-refractivity contribution < 1.29 is 0 Å². The molecule has 1 aliphatic heterocycles. The van der Waals surface area contributed by atoms with Gasteiger partial charge >= 0.3 is 0 Å². The molecule has 0 spiro atoms. The minimum absolute atomic E-state index is 0.652. The summed E-state index contributed by atoms with van der Waals surface area (Å²) in [6, 6.07) is 13.9. The molecule has 0 N–H and O–H groups in total. The maximum atomic E-state index is 9.06. The SMILES string of the molecule is CCCc1ncc2c(n1)CCN(Cc1ccc(-c3cccc(C#N)c3)nc1)C2. The maximum absolute atomic E-state index is 9.06. The molecule has 3 aromatic rings. The Morgan fingerprint density at radius 2 is 2.07 bits per heavy atom. The van der Waals surface area contributed by atoms with Gasteiger partial charge in [-0.1, -0.05) is 25.1 Å². The Morgan fingerprint density at radius 3 is 2.86 bits per heavy atom. The molecule has 0 amide bonds. The first kappa shape index (κ1) is 18.3. The molecule has 1 aliphatic rings. The molecule has 1 aromatic carbocycles. The van der Waals surface area contributed by atoms with Gasteiger partial charge in [-0.2, -0.15) is 5.26 Å². The smallest absolute Gasteiger partial charge is 0.128 e. The fourth-order valence-electron chi connectivity index (χ4n) is 3.59. The molecule has 2 aromatic heterocycles. The monoisotopic (exact) mass is 369 g/mol. The molecule has 0 atom stereocenters. The Kier molecular flexibility index (Phi) is 5.41. The van der Waals surface area contributed by atoms with E-state index < -0.39 is 0 Å². The van der Waals surface area contributed by atoms with Crippen LogP contribution in [0.25, 0.3) is 11.3 Å². The Hall–Kier alpha value is -3.10. The van der Waals surface area contributed by atoms with Crippen LogP contribution in [-0.4, -0.2) is 26.4 Å². The van der Waals surface area contributed by atoms with Gasteiger partial charge in [-0.3, -0.25) is 9.88 Å². The molecule has 0 saturated carbocycles. The summed E-state index contributed by atoms with van der Waals surface area (Å²) in [5.41, 5.74) is 6.15. The molecule has 0 saturated heterocycles. The summed E-state index contributed by atoms with van der Waals surface area (Å²) in [6.07, 6.45) is 6.94. The van der Waals surface area contributed by atoms with Gasteiger partial charge in [0.2, 0.25) is 0 Å². The van der Waals surface area contributed by atoms with Gasteiger partial charge in [0.05, 0.1) is 17.3 Å². The first-order chi connectivity index (χ1) is 13.7. The minimum atomic E-state index is 0.652. The molecular formula is C23H23N5. The summed E-state index contributed by atoms with van der Waals surface area (Å²) in [5.74, 6) is 0.968. The van der Waals surface area contributed by atoms with Crippen LogP contribution in [0.5, 0.6) is 0 Å². The summed E-state index contributed by atoms with van der Waals surface area (Å²) in [7, 11) is 0. The van der Waals surface area contributed by atoms with E-state index in [0.717, 1.165) is 56.0 Å². The fraction of sp³-hybridized carbons (Fsp3) is 0.304. The molecule has 0 bridgehead atoms. The van der Waals surface area contributed by atoms with Crippen molar-refractivity contribution in [2.45, 2.75) is 39.3 Å². The zero-order valence-corrected chi connectivity index (χ0v) is 16.1.